The third-order valence-electron chi connectivity index (χ3n) is 16.8. The number of rotatable bonds is 8. The summed E-state index contributed by atoms with van der Waals surface area (Å²) in [7, 11) is 2.21. The van der Waals surface area contributed by atoms with E-state index in [0.29, 0.717) is 23.7 Å². The molecule has 278 valence electrons. The van der Waals surface area contributed by atoms with E-state index in [-0.39, 0.29) is 51.7 Å². The molecule has 49 heavy (non-hydrogen) atoms. The van der Waals surface area contributed by atoms with Crippen molar-refractivity contribution in [3.63, 3.8) is 0 Å². The molecule has 1 heterocycles. The smallest absolute Gasteiger partial charge is 0.309 e. The van der Waals surface area contributed by atoms with Crippen LogP contribution in [0.15, 0.2) is 11.1 Å². The molecular formula is C42H70N2O5. The van der Waals surface area contributed by atoms with Crippen molar-refractivity contribution in [1.29, 1.82) is 0 Å². The lowest BCUT2D eigenvalue weighted by Gasteiger charge is -2.72. The first-order chi connectivity index (χ1) is 22.7. The zero-order valence-corrected chi connectivity index (χ0v) is 32.8. The molecule has 1 unspecified atom stereocenters. The maximum atomic E-state index is 13.1. The van der Waals surface area contributed by atoms with Crippen molar-refractivity contribution < 1.29 is 24.5 Å². The Morgan fingerprint density at radius 2 is 1.55 bits per heavy atom. The second-order valence-corrected chi connectivity index (χ2v) is 20.2. The Labute approximate surface area is 298 Å². The first kappa shape index (κ1) is 37.3. The lowest BCUT2D eigenvalue weighted by atomic mass is 9.33. The number of carboxylic acids is 1. The van der Waals surface area contributed by atoms with Crippen molar-refractivity contribution in [2.75, 3.05) is 39.8 Å². The highest BCUT2D eigenvalue weighted by atomic mass is 16.5. The first-order valence-corrected chi connectivity index (χ1v) is 20.0. The minimum Gasteiger partial charge on any atom is -0.481 e. The standard InChI is InChI=1S/C42H70N2O5/c1-27(2)28-13-18-42(32(45)26-44-23-21-43(10)22-24-44)20-19-40(8)29(35(28)42)11-12-31-39(7)16-15-33(49-34(46)25-37(3,4)36(47)48)38(5,6)30(39)14-17-41(31,40)9/h27,29-33,45H,11-26H2,1-10H3,(H,47,48)/t29-,30+,31-,32?,33+,39+,40-,41-,42-/m1/s1. The number of aliphatic carboxylic acids is 1. The normalized spacial score (nSPS) is 41.8. The highest BCUT2D eigenvalue weighted by molar-refractivity contribution is 5.81. The predicted molar refractivity (Wildman–Crippen MR) is 195 cm³/mol. The largest absolute Gasteiger partial charge is 0.481 e. The van der Waals surface area contributed by atoms with Crippen LogP contribution in [0.4, 0.5) is 0 Å². The average molecular weight is 683 g/mol. The van der Waals surface area contributed by atoms with Crippen molar-refractivity contribution in [2.45, 2.75) is 145 Å². The number of fused-ring (bicyclic) bond motifs is 7. The number of aliphatic hydroxyl groups is 1. The molecule has 1 saturated heterocycles. The van der Waals surface area contributed by atoms with Crippen molar-refractivity contribution >= 4 is 11.9 Å². The van der Waals surface area contributed by atoms with E-state index >= 15 is 0 Å². The number of likely N-dealkylation sites (N-methyl/N-ethyl adjacent to an activating group) is 1. The zero-order chi connectivity index (χ0) is 35.9. The lowest BCUT2D eigenvalue weighted by molar-refractivity contribution is -0.235. The molecule has 4 saturated carbocycles. The molecule has 6 aliphatic rings. The molecule has 0 aromatic carbocycles. The van der Waals surface area contributed by atoms with Gasteiger partial charge in [0, 0.05) is 43.6 Å². The van der Waals surface area contributed by atoms with Crippen LogP contribution >= 0.6 is 0 Å². The Morgan fingerprint density at radius 3 is 2.18 bits per heavy atom. The number of carbonyl (C=O) groups excluding carboxylic acids is 1. The third kappa shape index (κ3) is 5.77. The van der Waals surface area contributed by atoms with Crippen molar-refractivity contribution in [1.82, 2.24) is 9.80 Å². The summed E-state index contributed by atoms with van der Waals surface area (Å²) < 4.78 is 6.19. The number of ether oxygens (including phenoxy) is 1. The number of β-amino-alcohol motifs (C(OH)–C–C–N with tert-alkyl or cyclic N) is 1. The highest BCUT2D eigenvalue weighted by Gasteiger charge is 2.70. The molecule has 1 aliphatic heterocycles. The van der Waals surface area contributed by atoms with Crippen LogP contribution in [0, 0.1) is 56.2 Å². The van der Waals surface area contributed by atoms with E-state index in [2.05, 4.69) is 65.3 Å². The summed E-state index contributed by atoms with van der Waals surface area (Å²) in [6.45, 7) is 25.6. The maximum absolute atomic E-state index is 13.1. The number of allylic oxidation sites excluding steroid dienone is 1. The molecule has 5 fully saturated rings. The van der Waals surface area contributed by atoms with Crippen LogP contribution in [-0.4, -0.2) is 83.9 Å². The summed E-state index contributed by atoms with van der Waals surface area (Å²) in [6.07, 6.45) is 10.7. The molecule has 0 aromatic rings. The number of hydrogen-bond acceptors (Lipinski definition) is 6. The van der Waals surface area contributed by atoms with E-state index in [9.17, 15) is 19.8 Å². The molecule has 2 N–H and O–H groups in total. The van der Waals surface area contributed by atoms with Crippen LogP contribution in [0.1, 0.15) is 133 Å². The van der Waals surface area contributed by atoms with Crippen LogP contribution in [0.5, 0.6) is 0 Å². The fourth-order valence-electron chi connectivity index (χ4n) is 13.5. The SMILES string of the molecule is CC(C)C1=C2[C@H]3CC[C@@H]4[C@@]5(C)CC[C@H](OC(=O)CC(C)(C)C(=O)O)C(C)(C)[C@@H]5CC[C@@]4(C)[C@]3(C)CC[C@@]2(C(O)CN2CCN(C)CC2)CC1. The molecule has 9 atom stereocenters. The number of nitrogens with zero attached hydrogens (tertiary/aromatic N) is 2. The van der Waals surface area contributed by atoms with Gasteiger partial charge in [0.25, 0.3) is 0 Å². The molecule has 0 radical (unpaired) electrons. The second kappa shape index (κ2) is 12.6. The quantitative estimate of drug-likeness (QED) is 0.199. The van der Waals surface area contributed by atoms with Crippen LogP contribution < -0.4 is 0 Å². The third-order valence-corrected chi connectivity index (χ3v) is 16.8. The predicted octanol–water partition coefficient (Wildman–Crippen LogP) is 7.81. The van der Waals surface area contributed by atoms with Gasteiger partial charge in [-0.1, -0.05) is 59.6 Å². The highest BCUT2D eigenvalue weighted by Crippen LogP contribution is 2.77. The van der Waals surface area contributed by atoms with Crippen LogP contribution in [-0.2, 0) is 14.3 Å². The first-order valence-electron chi connectivity index (χ1n) is 20.0. The maximum Gasteiger partial charge on any atom is 0.309 e. The van der Waals surface area contributed by atoms with E-state index in [1.54, 1.807) is 25.0 Å². The van der Waals surface area contributed by atoms with Gasteiger partial charge in [-0.2, -0.15) is 0 Å². The van der Waals surface area contributed by atoms with Gasteiger partial charge >= 0.3 is 11.9 Å². The minimum absolute atomic E-state index is 0.0729. The number of carboxylic acid groups (broad SMARTS) is 1. The Morgan fingerprint density at radius 1 is 0.878 bits per heavy atom. The number of hydrogen-bond donors (Lipinski definition) is 2. The monoisotopic (exact) mass is 683 g/mol. The fraction of sp³-hybridized carbons (Fsp3) is 0.905. The van der Waals surface area contributed by atoms with E-state index < -0.39 is 11.4 Å². The molecule has 0 spiro atoms. The van der Waals surface area contributed by atoms with Gasteiger partial charge in [0.1, 0.15) is 6.10 Å². The molecule has 0 bridgehead atoms. The van der Waals surface area contributed by atoms with E-state index in [0.717, 1.165) is 71.2 Å². The summed E-state index contributed by atoms with van der Waals surface area (Å²) in [6, 6.07) is 0. The van der Waals surface area contributed by atoms with E-state index in [1.807, 2.05) is 0 Å². The van der Waals surface area contributed by atoms with Gasteiger partial charge in [-0.3, -0.25) is 14.5 Å². The Bertz CT molecular complexity index is 1330. The van der Waals surface area contributed by atoms with Crippen LogP contribution in [0.2, 0.25) is 0 Å². The molecule has 5 aliphatic carbocycles. The average Bonchev–Trinajstić information content (AvgIpc) is 3.41. The molecule has 7 nitrogen and oxygen atoms in total. The Balaban J connectivity index is 1.26. The lowest BCUT2D eigenvalue weighted by Crippen LogP contribution is -2.66. The second-order valence-electron chi connectivity index (χ2n) is 20.2. The summed E-state index contributed by atoms with van der Waals surface area (Å²) in [5, 5.41) is 21.9. The minimum atomic E-state index is -1.13. The summed E-state index contributed by atoms with van der Waals surface area (Å²) in [4.78, 5) is 29.7. The number of esters is 1. The van der Waals surface area contributed by atoms with E-state index in [1.165, 1.54) is 25.7 Å². The summed E-state index contributed by atoms with van der Waals surface area (Å²) in [5.41, 5.74) is 2.55. The summed E-state index contributed by atoms with van der Waals surface area (Å²) in [5.74, 6) is 0.765. The van der Waals surface area contributed by atoms with Crippen molar-refractivity contribution in [3.8, 4) is 0 Å². The van der Waals surface area contributed by atoms with Crippen LogP contribution in [0.25, 0.3) is 0 Å². The molecule has 7 heteroatoms. The van der Waals surface area contributed by atoms with Crippen molar-refractivity contribution in [2.24, 2.45) is 56.2 Å². The van der Waals surface area contributed by atoms with Gasteiger partial charge in [0.05, 0.1) is 17.9 Å². The number of aliphatic hydroxyl groups excluding tert-OH is 1. The molecule has 0 amide bonds. The molecule has 0 aromatic heterocycles. The topological polar surface area (TPSA) is 90.3 Å². The molecule has 6 rings (SSSR count). The number of piperazine rings is 1. The fourth-order valence-corrected chi connectivity index (χ4v) is 13.5. The van der Waals surface area contributed by atoms with Gasteiger partial charge in [-0.15, -0.1) is 0 Å². The van der Waals surface area contributed by atoms with Gasteiger partial charge in [0.15, 0.2) is 0 Å². The summed E-state index contributed by atoms with van der Waals surface area (Å²) >= 11 is 0. The Hall–Kier alpha value is -1.44. The van der Waals surface area contributed by atoms with E-state index in [4.69, 9.17) is 4.74 Å². The van der Waals surface area contributed by atoms with Gasteiger partial charge in [-0.05, 0) is 125 Å². The van der Waals surface area contributed by atoms with Gasteiger partial charge in [-0.25, -0.2) is 0 Å². The van der Waals surface area contributed by atoms with Crippen molar-refractivity contribution in [3.05, 3.63) is 11.1 Å². The Kier molecular flexibility index (Phi) is 9.60. The van der Waals surface area contributed by atoms with Gasteiger partial charge in [0.2, 0.25) is 0 Å². The number of carbonyl (C=O) groups is 2. The zero-order valence-electron chi connectivity index (χ0n) is 32.8. The van der Waals surface area contributed by atoms with Gasteiger partial charge < -0.3 is 19.8 Å². The van der Waals surface area contributed by atoms with Crippen LogP contribution in [0.3, 0.4) is 0 Å². The molecular weight excluding hydrogens is 612 g/mol.